The highest BCUT2D eigenvalue weighted by atomic mass is 19.4. The number of fused-ring (bicyclic) bond motifs is 1. The average Bonchev–Trinajstić information content (AvgIpc) is 2.99. The summed E-state index contributed by atoms with van der Waals surface area (Å²) in [6, 6.07) is 7.72. The van der Waals surface area contributed by atoms with Crippen LogP contribution in [-0.2, 0) is 22.1 Å². The van der Waals surface area contributed by atoms with Crippen LogP contribution in [0, 0.1) is 0 Å². The molecule has 0 radical (unpaired) electrons. The number of hydrogen-bond acceptors (Lipinski definition) is 5. The molecule has 16 heteroatoms. The smallest absolute Gasteiger partial charge is 0.417 e. The van der Waals surface area contributed by atoms with Crippen LogP contribution in [-0.4, -0.2) is 42.9 Å². The fourth-order valence-corrected chi connectivity index (χ4v) is 4.57. The fraction of sp³-hybridized carbons (Fsp3) is 0.438. The Balaban J connectivity index is 1.78. The number of carbonyl (C=O) groups is 1. The molecule has 5 nitrogen and oxygen atoms in total. The van der Waals surface area contributed by atoms with Gasteiger partial charge >= 0.3 is 41.5 Å². The number of ether oxygens (including phenoxy) is 2. The molecule has 0 fully saturated rings. The Kier molecular flexibility index (Phi) is 11.6. The predicted octanol–water partition coefficient (Wildman–Crippen LogP) is 9.64. The maximum absolute atomic E-state index is 14.3. The van der Waals surface area contributed by atoms with Crippen molar-refractivity contribution in [2.45, 2.75) is 75.3 Å². The summed E-state index contributed by atoms with van der Waals surface area (Å²) in [6.45, 7) is 1.94. The average molecular weight is 703 g/mol. The van der Waals surface area contributed by atoms with E-state index >= 15 is 0 Å². The van der Waals surface area contributed by atoms with E-state index in [-0.39, 0.29) is 11.0 Å². The van der Waals surface area contributed by atoms with Gasteiger partial charge in [-0.25, -0.2) is 9.59 Å². The molecule has 0 aliphatic rings. The van der Waals surface area contributed by atoms with Crippen LogP contribution in [0.15, 0.2) is 64.3 Å². The van der Waals surface area contributed by atoms with E-state index in [1.165, 1.54) is 6.07 Å². The number of esters is 1. The lowest BCUT2D eigenvalue weighted by Gasteiger charge is -2.36. The molecule has 1 aromatic heterocycles. The van der Waals surface area contributed by atoms with Gasteiger partial charge in [0.05, 0.1) is 37.2 Å². The largest absolute Gasteiger partial charge is 0.493 e. The van der Waals surface area contributed by atoms with E-state index in [0.29, 0.717) is 24.5 Å². The summed E-state index contributed by atoms with van der Waals surface area (Å²) in [6.07, 6.45) is -6.01. The van der Waals surface area contributed by atoms with Gasteiger partial charge in [-0.3, -0.25) is 0 Å². The first-order valence-corrected chi connectivity index (χ1v) is 14.4. The van der Waals surface area contributed by atoms with Gasteiger partial charge in [0.25, 0.3) is 0 Å². The van der Waals surface area contributed by atoms with Gasteiger partial charge in [0.2, 0.25) is 0 Å². The highest BCUT2D eigenvalue weighted by molar-refractivity contribution is 5.83. The quantitative estimate of drug-likeness (QED) is 0.0489. The van der Waals surface area contributed by atoms with Gasteiger partial charge in [0.1, 0.15) is 11.3 Å². The van der Waals surface area contributed by atoms with E-state index < -0.39 is 90.0 Å². The molecule has 0 N–H and O–H groups in total. The van der Waals surface area contributed by atoms with Crippen molar-refractivity contribution in [2.24, 2.45) is 0 Å². The van der Waals surface area contributed by atoms with Gasteiger partial charge in [0.15, 0.2) is 0 Å². The van der Waals surface area contributed by atoms with E-state index in [1.54, 1.807) is 0 Å². The topological polar surface area (TPSA) is 65.7 Å². The molecule has 0 bridgehead atoms. The third kappa shape index (κ3) is 8.29. The van der Waals surface area contributed by atoms with Crippen LogP contribution in [0.1, 0.15) is 50.2 Å². The lowest BCUT2D eigenvalue weighted by atomic mass is 9.95. The van der Waals surface area contributed by atoms with E-state index in [2.05, 4.69) is 11.3 Å². The summed E-state index contributed by atoms with van der Waals surface area (Å²) in [7, 11) is 0. The summed E-state index contributed by atoms with van der Waals surface area (Å²) in [4.78, 5) is 23.6. The van der Waals surface area contributed by atoms with Crippen molar-refractivity contribution >= 4 is 16.9 Å². The highest BCUT2D eigenvalue weighted by Crippen LogP contribution is 2.54. The maximum atomic E-state index is 14.3. The lowest BCUT2D eigenvalue weighted by molar-refractivity contribution is -0.368. The van der Waals surface area contributed by atoms with Crippen LogP contribution in [0.5, 0.6) is 5.75 Å². The molecule has 1 heterocycles. The second-order valence-electron chi connectivity index (χ2n) is 10.8. The monoisotopic (exact) mass is 702 g/mol. The third-order valence-electron chi connectivity index (χ3n) is 7.28. The molecule has 3 aromatic rings. The van der Waals surface area contributed by atoms with Crippen molar-refractivity contribution in [3.63, 3.8) is 0 Å². The Labute approximate surface area is 266 Å². The molecule has 48 heavy (non-hydrogen) atoms. The van der Waals surface area contributed by atoms with E-state index in [1.807, 2.05) is 6.92 Å². The van der Waals surface area contributed by atoms with Gasteiger partial charge in [-0.1, -0.05) is 38.5 Å². The molecule has 2 aromatic carbocycles. The summed E-state index contributed by atoms with van der Waals surface area (Å²) >= 11 is 0. The van der Waals surface area contributed by atoms with Crippen molar-refractivity contribution < 1.29 is 67.0 Å². The Hall–Kier alpha value is -4.11. The minimum absolute atomic E-state index is 0.0506. The van der Waals surface area contributed by atoms with Crippen molar-refractivity contribution in [3.8, 4) is 16.9 Å². The summed E-state index contributed by atoms with van der Waals surface area (Å²) in [5, 5.41) is 0.0506. The van der Waals surface area contributed by atoms with Crippen LogP contribution in [0.25, 0.3) is 22.1 Å². The molecule has 264 valence electrons. The van der Waals surface area contributed by atoms with Crippen LogP contribution in [0.4, 0.5) is 48.3 Å². The highest BCUT2D eigenvalue weighted by Gasteiger charge is 2.79. The van der Waals surface area contributed by atoms with Crippen molar-refractivity contribution in [1.29, 1.82) is 0 Å². The van der Waals surface area contributed by atoms with Crippen molar-refractivity contribution in [2.75, 3.05) is 13.2 Å². The van der Waals surface area contributed by atoms with Gasteiger partial charge < -0.3 is 13.9 Å². The number of rotatable bonds is 16. The van der Waals surface area contributed by atoms with Gasteiger partial charge in [-0.2, -0.15) is 48.3 Å². The number of aryl methyl sites for hydroxylation is 1. The zero-order chi connectivity index (χ0) is 36.1. The molecule has 0 amide bonds. The first-order valence-electron chi connectivity index (χ1n) is 14.4. The molecule has 0 atom stereocenters. The van der Waals surface area contributed by atoms with Crippen molar-refractivity contribution in [3.05, 3.63) is 76.7 Å². The normalized spacial score (nSPS) is 13.1. The third-order valence-corrected chi connectivity index (χ3v) is 7.28. The van der Waals surface area contributed by atoms with Crippen LogP contribution in [0.2, 0.25) is 0 Å². The summed E-state index contributed by atoms with van der Waals surface area (Å²) < 4.78 is 169. The molecular weight excluding hydrogens is 673 g/mol. The second kappa shape index (κ2) is 14.6. The SMILES string of the molecule is C=CC(=O)OCCC(F)(F)C(F)(F)C(F)(F)C(F)(F)CCOc1ccc2cc(-c3ccc(CCCCC)cc3C(F)(F)F)c(=O)oc2c1. The second-order valence-corrected chi connectivity index (χ2v) is 10.8. The molecule has 3 rings (SSSR count). The van der Waals surface area contributed by atoms with E-state index in [4.69, 9.17) is 9.15 Å². The Morgan fingerprint density at radius 3 is 2.02 bits per heavy atom. The van der Waals surface area contributed by atoms with Crippen LogP contribution < -0.4 is 10.4 Å². The summed E-state index contributed by atoms with van der Waals surface area (Å²) in [5.41, 5.74) is -3.08. The molecule has 0 aliphatic heterocycles. The zero-order valence-corrected chi connectivity index (χ0v) is 25.2. The van der Waals surface area contributed by atoms with Crippen molar-refractivity contribution in [1.82, 2.24) is 0 Å². The Morgan fingerprint density at radius 1 is 0.812 bits per heavy atom. The first kappa shape index (κ1) is 38.3. The minimum atomic E-state index is -6.59. The van der Waals surface area contributed by atoms with Gasteiger partial charge in [0, 0.05) is 23.1 Å². The van der Waals surface area contributed by atoms with Crippen LogP contribution >= 0.6 is 0 Å². The number of alkyl halides is 11. The van der Waals surface area contributed by atoms with E-state index in [0.717, 1.165) is 49.2 Å². The number of halogens is 11. The lowest BCUT2D eigenvalue weighted by Crippen LogP contribution is -2.62. The van der Waals surface area contributed by atoms with E-state index in [9.17, 15) is 57.9 Å². The van der Waals surface area contributed by atoms with Gasteiger partial charge in [-0.15, -0.1) is 0 Å². The molecular formula is C32H29F11O5. The maximum Gasteiger partial charge on any atom is 0.417 e. The summed E-state index contributed by atoms with van der Waals surface area (Å²) in [5.74, 6) is -26.4. The molecule has 0 saturated carbocycles. The standard InChI is InChI=1S/C32H29F11O5/c1-3-5-6-7-19-8-11-22(24(16-19)30(37,38)39)23-17-20-9-10-21(18-25(20)48-27(23)45)46-14-12-28(33,34)31(40,41)32(42,43)29(35,36)13-15-47-26(44)4-2/h4,8-11,16-18H,2-3,5-7,12-15H2,1H3. The number of hydrogen-bond donors (Lipinski definition) is 0. The fourth-order valence-electron chi connectivity index (χ4n) is 4.57. The molecule has 0 spiro atoms. The number of unbranched alkanes of at least 4 members (excludes halogenated alkanes) is 2. The minimum Gasteiger partial charge on any atom is -0.493 e. The van der Waals surface area contributed by atoms with Crippen LogP contribution in [0.3, 0.4) is 0 Å². The predicted molar refractivity (Wildman–Crippen MR) is 152 cm³/mol. The molecule has 0 aliphatic carbocycles. The first-order chi connectivity index (χ1) is 22.2. The van der Waals surface area contributed by atoms with Gasteiger partial charge in [-0.05, 0) is 42.7 Å². The number of benzene rings is 2. The number of carbonyl (C=O) groups excluding carboxylic acids is 1. The zero-order valence-electron chi connectivity index (χ0n) is 25.2. The molecule has 0 saturated heterocycles. The Bertz CT molecular complexity index is 1660. The molecule has 0 unspecified atom stereocenters. The Morgan fingerprint density at radius 2 is 1.44 bits per heavy atom.